The van der Waals surface area contributed by atoms with Crippen LogP contribution in [0, 0.1) is 0 Å². The van der Waals surface area contributed by atoms with Gasteiger partial charge in [-0.15, -0.1) is 0 Å². The first kappa shape index (κ1) is 17.2. The fourth-order valence-corrected chi connectivity index (χ4v) is 3.27. The molecule has 0 unspecified atom stereocenters. The zero-order chi connectivity index (χ0) is 18.8. The molecule has 0 saturated carbocycles. The van der Waals surface area contributed by atoms with Crippen LogP contribution in [-0.2, 0) is 13.5 Å². The Morgan fingerprint density at radius 2 is 1.96 bits per heavy atom. The van der Waals surface area contributed by atoms with Gasteiger partial charge in [-0.3, -0.25) is 4.68 Å². The average molecular weight is 361 g/mol. The molecule has 3 aromatic heterocycles. The van der Waals surface area contributed by atoms with Gasteiger partial charge in [-0.05, 0) is 31.0 Å². The second kappa shape index (κ2) is 7.19. The standard InChI is InChI=1S/C20H23N7/c1-4-8-18-24-19(16-13-22-26(3)20(16)25-18)23-14(2)15-9-5-6-10-17(15)27-12-7-11-21-27/h5-7,9-14H,4,8H2,1-3H3,(H,23,24,25)/t14-/m1/s1. The Morgan fingerprint density at radius 1 is 1.11 bits per heavy atom. The highest BCUT2D eigenvalue weighted by molar-refractivity contribution is 5.86. The maximum atomic E-state index is 4.76. The molecule has 7 heteroatoms. The van der Waals surface area contributed by atoms with Crippen molar-refractivity contribution in [2.75, 3.05) is 5.32 Å². The molecule has 138 valence electrons. The van der Waals surface area contributed by atoms with Crippen molar-refractivity contribution < 1.29 is 0 Å². The van der Waals surface area contributed by atoms with E-state index in [1.807, 2.05) is 42.3 Å². The molecule has 0 saturated heterocycles. The smallest absolute Gasteiger partial charge is 0.163 e. The number of benzene rings is 1. The molecule has 0 bridgehead atoms. The lowest BCUT2D eigenvalue weighted by Crippen LogP contribution is -2.13. The summed E-state index contributed by atoms with van der Waals surface area (Å²) in [6.07, 6.45) is 7.40. The molecule has 7 nitrogen and oxygen atoms in total. The highest BCUT2D eigenvalue weighted by Gasteiger charge is 2.16. The Bertz CT molecular complexity index is 1050. The topological polar surface area (TPSA) is 73.5 Å². The quantitative estimate of drug-likeness (QED) is 0.567. The van der Waals surface area contributed by atoms with Gasteiger partial charge in [0.25, 0.3) is 0 Å². The summed E-state index contributed by atoms with van der Waals surface area (Å²) in [5.74, 6) is 1.66. The molecule has 0 aliphatic heterocycles. The summed E-state index contributed by atoms with van der Waals surface area (Å²) in [6.45, 7) is 4.26. The highest BCUT2D eigenvalue weighted by Crippen LogP contribution is 2.27. The summed E-state index contributed by atoms with van der Waals surface area (Å²) >= 11 is 0. The minimum Gasteiger partial charge on any atom is -0.363 e. The van der Waals surface area contributed by atoms with Crippen LogP contribution in [-0.4, -0.2) is 29.5 Å². The first-order valence-electron chi connectivity index (χ1n) is 9.21. The van der Waals surface area contributed by atoms with Crippen molar-refractivity contribution in [2.45, 2.75) is 32.7 Å². The molecule has 0 fully saturated rings. The fraction of sp³-hybridized carbons (Fsp3) is 0.300. The summed E-state index contributed by atoms with van der Waals surface area (Å²) in [5, 5.41) is 13.2. The van der Waals surface area contributed by atoms with Crippen molar-refractivity contribution in [1.29, 1.82) is 0 Å². The SMILES string of the molecule is CCCc1nc(N[C@H](C)c2ccccc2-n2cccn2)c2cnn(C)c2n1. The third kappa shape index (κ3) is 3.28. The molecule has 0 amide bonds. The Hall–Kier alpha value is -3.22. The lowest BCUT2D eigenvalue weighted by molar-refractivity contribution is 0.770. The third-order valence-electron chi connectivity index (χ3n) is 4.62. The van der Waals surface area contributed by atoms with Crippen LogP contribution in [0.25, 0.3) is 16.7 Å². The van der Waals surface area contributed by atoms with Crippen LogP contribution in [0.5, 0.6) is 0 Å². The molecule has 4 aromatic rings. The van der Waals surface area contributed by atoms with Gasteiger partial charge >= 0.3 is 0 Å². The van der Waals surface area contributed by atoms with Crippen LogP contribution in [0.2, 0.25) is 0 Å². The Labute approximate surface area is 158 Å². The second-order valence-corrected chi connectivity index (χ2v) is 6.62. The number of hydrogen-bond donors (Lipinski definition) is 1. The third-order valence-corrected chi connectivity index (χ3v) is 4.62. The summed E-state index contributed by atoms with van der Waals surface area (Å²) in [7, 11) is 1.91. The van der Waals surface area contributed by atoms with Gasteiger partial charge in [0.15, 0.2) is 5.65 Å². The molecule has 1 atom stereocenters. The van der Waals surface area contributed by atoms with E-state index in [0.29, 0.717) is 0 Å². The van der Waals surface area contributed by atoms with Gasteiger partial charge < -0.3 is 5.32 Å². The summed E-state index contributed by atoms with van der Waals surface area (Å²) in [6, 6.07) is 10.2. The number of para-hydroxylation sites is 1. The van der Waals surface area contributed by atoms with Crippen molar-refractivity contribution in [3.8, 4) is 5.69 Å². The van der Waals surface area contributed by atoms with E-state index in [4.69, 9.17) is 4.98 Å². The van der Waals surface area contributed by atoms with Crippen molar-refractivity contribution >= 4 is 16.9 Å². The van der Waals surface area contributed by atoms with E-state index < -0.39 is 0 Å². The van der Waals surface area contributed by atoms with Gasteiger partial charge in [0, 0.05) is 25.9 Å². The molecule has 0 aliphatic rings. The van der Waals surface area contributed by atoms with E-state index in [1.54, 1.807) is 10.9 Å². The largest absolute Gasteiger partial charge is 0.363 e. The predicted molar refractivity (Wildman–Crippen MR) is 106 cm³/mol. The van der Waals surface area contributed by atoms with E-state index >= 15 is 0 Å². The van der Waals surface area contributed by atoms with Crippen LogP contribution in [0.4, 0.5) is 5.82 Å². The minimum atomic E-state index is 0.0400. The van der Waals surface area contributed by atoms with E-state index in [0.717, 1.165) is 46.8 Å². The maximum Gasteiger partial charge on any atom is 0.163 e. The van der Waals surface area contributed by atoms with Gasteiger partial charge in [-0.1, -0.05) is 25.1 Å². The number of fused-ring (bicyclic) bond motifs is 1. The Morgan fingerprint density at radius 3 is 2.74 bits per heavy atom. The fourth-order valence-electron chi connectivity index (χ4n) is 3.27. The van der Waals surface area contributed by atoms with Crippen molar-refractivity contribution in [2.24, 2.45) is 7.05 Å². The molecule has 1 aromatic carbocycles. The zero-order valence-corrected chi connectivity index (χ0v) is 15.8. The van der Waals surface area contributed by atoms with E-state index in [9.17, 15) is 0 Å². The van der Waals surface area contributed by atoms with Gasteiger partial charge in [-0.2, -0.15) is 10.2 Å². The number of nitrogens with one attached hydrogen (secondary N) is 1. The molecule has 0 radical (unpaired) electrons. The lowest BCUT2D eigenvalue weighted by Gasteiger charge is -2.19. The predicted octanol–water partition coefficient (Wildman–Crippen LogP) is 3.67. The Balaban J connectivity index is 1.73. The number of anilines is 1. The summed E-state index contributed by atoms with van der Waals surface area (Å²) in [4.78, 5) is 9.42. The van der Waals surface area contributed by atoms with Crippen LogP contribution in [0.1, 0.15) is 37.7 Å². The first-order chi connectivity index (χ1) is 13.2. The average Bonchev–Trinajstić information content (AvgIpc) is 3.33. The molecule has 3 heterocycles. The number of aryl methyl sites for hydroxylation is 2. The van der Waals surface area contributed by atoms with Gasteiger partial charge in [-0.25, -0.2) is 14.6 Å². The Kier molecular flexibility index (Phi) is 4.58. The molecule has 0 spiro atoms. The number of aromatic nitrogens is 6. The number of hydrogen-bond acceptors (Lipinski definition) is 5. The summed E-state index contributed by atoms with van der Waals surface area (Å²) < 4.78 is 3.68. The summed E-state index contributed by atoms with van der Waals surface area (Å²) in [5.41, 5.74) is 3.05. The molecule has 0 aliphatic carbocycles. The highest BCUT2D eigenvalue weighted by atomic mass is 15.3. The molecular formula is C20H23N7. The molecule has 4 rings (SSSR count). The first-order valence-corrected chi connectivity index (χ1v) is 9.21. The monoisotopic (exact) mass is 361 g/mol. The van der Waals surface area contributed by atoms with E-state index in [2.05, 4.69) is 46.5 Å². The van der Waals surface area contributed by atoms with Crippen LogP contribution in [0.3, 0.4) is 0 Å². The van der Waals surface area contributed by atoms with Crippen LogP contribution >= 0.6 is 0 Å². The zero-order valence-electron chi connectivity index (χ0n) is 15.8. The van der Waals surface area contributed by atoms with Crippen molar-refractivity contribution in [3.63, 3.8) is 0 Å². The van der Waals surface area contributed by atoms with Crippen molar-refractivity contribution in [3.05, 3.63) is 60.3 Å². The second-order valence-electron chi connectivity index (χ2n) is 6.62. The number of nitrogens with zero attached hydrogens (tertiary/aromatic N) is 6. The molecule has 1 N–H and O–H groups in total. The van der Waals surface area contributed by atoms with E-state index in [-0.39, 0.29) is 6.04 Å². The van der Waals surface area contributed by atoms with Crippen LogP contribution in [0.15, 0.2) is 48.9 Å². The van der Waals surface area contributed by atoms with E-state index in [1.165, 1.54) is 0 Å². The lowest BCUT2D eigenvalue weighted by atomic mass is 10.1. The normalized spacial score (nSPS) is 12.4. The van der Waals surface area contributed by atoms with Crippen molar-refractivity contribution in [1.82, 2.24) is 29.5 Å². The minimum absolute atomic E-state index is 0.0400. The maximum absolute atomic E-state index is 4.76. The molecular weight excluding hydrogens is 338 g/mol. The molecule has 27 heavy (non-hydrogen) atoms. The van der Waals surface area contributed by atoms with Crippen LogP contribution < -0.4 is 5.32 Å². The van der Waals surface area contributed by atoms with Gasteiger partial charge in [0.1, 0.15) is 11.6 Å². The van der Waals surface area contributed by atoms with Gasteiger partial charge in [0.05, 0.1) is 23.3 Å². The number of rotatable bonds is 6. The van der Waals surface area contributed by atoms with Gasteiger partial charge in [0.2, 0.25) is 0 Å².